The predicted octanol–water partition coefficient (Wildman–Crippen LogP) is 4.48. The van der Waals surface area contributed by atoms with Gasteiger partial charge in [0, 0.05) is 45.1 Å². The average molecular weight is 439 g/mol. The van der Waals surface area contributed by atoms with Gasteiger partial charge in [-0.1, -0.05) is 12.1 Å². The second-order valence-electron chi connectivity index (χ2n) is 7.39. The summed E-state index contributed by atoms with van der Waals surface area (Å²) in [7, 11) is 0. The topological polar surface area (TPSA) is 65.3 Å². The number of piperazine rings is 1. The third-order valence-corrected chi connectivity index (χ3v) is 5.20. The van der Waals surface area contributed by atoms with Crippen molar-refractivity contribution >= 4 is 5.82 Å². The Morgan fingerprint density at radius 2 is 1.78 bits per heavy atom. The van der Waals surface area contributed by atoms with Crippen LogP contribution in [0.2, 0.25) is 0 Å². The van der Waals surface area contributed by atoms with Gasteiger partial charge in [-0.05, 0) is 35.9 Å². The maximum Gasteiger partial charge on any atom is 0.417 e. The molecule has 2 heterocycles. The molecule has 0 N–H and O–H groups in total. The summed E-state index contributed by atoms with van der Waals surface area (Å²) in [6.45, 7) is 4.08. The highest BCUT2D eigenvalue weighted by atomic mass is 19.4. The number of ether oxygens (including phenoxy) is 1. The molecule has 0 spiro atoms. The molecule has 4 rings (SSSR count). The lowest BCUT2D eigenvalue weighted by atomic mass is 10.1. The SMILES string of the molecule is N#Cc1ccc(Oc2cccc(CN3CCN(c4cnccn4)CC3)c2)cc1C(F)(F)F. The number of alkyl halides is 3. The molecule has 1 aromatic heterocycles. The van der Waals surface area contributed by atoms with Crippen LogP contribution in [0.5, 0.6) is 11.5 Å². The molecule has 1 aliphatic heterocycles. The van der Waals surface area contributed by atoms with Crippen LogP contribution in [0.3, 0.4) is 0 Å². The number of halogens is 3. The smallest absolute Gasteiger partial charge is 0.417 e. The van der Waals surface area contributed by atoms with E-state index in [4.69, 9.17) is 10.00 Å². The first-order chi connectivity index (χ1) is 15.4. The first-order valence-corrected chi connectivity index (χ1v) is 10.0. The van der Waals surface area contributed by atoms with E-state index in [9.17, 15) is 13.2 Å². The van der Waals surface area contributed by atoms with E-state index in [0.717, 1.165) is 49.7 Å². The van der Waals surface area contributed by atoms with Crippen molar-refractivity contribution < 1.29 is 17.9 Å². The van der Waals surface area contributed by atoms with Gasteiger partial charge in [0.05, 0.1) is 23.4 Å². The van der Waals surface area contributed by atoms with Gasteiger partial charge >= 0.3 is 6.18 Å². The molecule has 0 saturated carbocycles. The van der Waals surface area contributed by atoms with Gasteiger partial charge in [-0.15, -0.1) is 0 Å². The Bertz CT molecular complexity index is 1110. The van der Waals surface area contributed by atoms with E-state index in [1.54, 1.807) is 30.7 Å². The number of nitriles is 1. The Morgan fingerprint density at radius 1 is 1.00 bits per heavy atom. The van der Waals surface area contributed by atoms with Crippen molar-refractivity contribution in [1.29, 1.82) is 5.26 Å². The zero-order valence-corrected chi connectivity index (χ0v) is 17.1. The highest BCUT2D eigenvalue weighted by Gasteiger charge is 2.34. The molecule has 164 valence electrons. The summed E-state index contributed by atoms with van der Waals surface area (Å²) in [5.74, 6) is 1.34. The number of benzene rings is 2. The van der Waals surface area contributed by atoms with Crippen molar-refractivity contribution in [3.8, 4) is 17.6 Å². The first kappa shape index (κ1) is 21.6. The van der Waals surface area contributed by atoms with Crippen molar-refractivity contribution in [2.24, 2.45) is 0 Å². The van der Waals surface area contributed by atoms with Gasteiger partial charge in [0.25, 0.3) is 0 Å². The van der Waals surface area contributed by atoms with Crippen LogP contribution in [0.25, 0.3) is 0 Å². The summed E-state index contributed by atoms with van der Waals surface area (Å²) in [6.07, 6.45) is 0.457. The lowest BCUT2D eigenvalue weighted by molar-refractivity contribution is -0.137. The van der Waals surface area contributed by atoms with Crippen LogP contribution in [0.15, 0.2) is 61.1 Å². The van der Waals surface area contributed by atoms with Gasteiger partial charge in [0.1, 0.15) is 17.3 Å². The van der Waals surface area contributed by atoms with Crippen LogP contribution < -0.4 is 9.64 Å². The zero-order valence-electron chi connectivity index (χ0n) is 17.1. The number of nitrogens with zero attached hydrogens (tertiary/aromatic N) is 5. The highest BCUT2D eigenvalue weighted by Crippen LogP contribution is 2.35. The molecule has 32 heavy (non-hydrogen) atoms. The van der Waals surface area contributed by atoms with Gasteiger partial charge in [-0.3, -0.25) is 9.88 Å². The fraction of sp³-hybridized carbons (Fsp3) is 0.261. The number of hydrogen-bond acceptors (Lipinski definition) is 6. The van der Waals surface area contributed by atoms with E-state index in [0.29, 0.717) is 12.3 Å². The predicted molar refractivity (Wildman–Crippen MR) is 112 cm³/mol. The van der Waals surface area contributed by atoms with E-state index in [-0.39, 0.29) is 5.75 Å². The highest BCUT2D eigenvalue weighted by molar-refractivity contribution is 5.45. The Balaban J connectivity index is 1.40. The molecule has 1 aliphatic rings. The standard InChI is InChI=1S/C23H20F3N5O/c24-23(25,26)21-13-20(5-4-18(21)14-27)32-19-3-1-2-17(12-19)16-30-8-10-31(11-9-30)22-15-28-6-7-29-22/h1-7,12-13,15H,8-11,16H2. The third-order valence-electron chi connectivity index (χ3n) is 5.20. The molecular weight excluding hydrogens is 419 g/mol. The molecule has 0 radical (unpaired) electrons. The molecule has 0 bridgehead atoms. The van der Waals surface area contributed by atoms with Gasteiger partial charge in [-0.2, -0.15) is 18.4 Å². The van der Waals surface area contributed by atoms with Crippen molar-refractivity contribution in [3.63, 3.8) is 0 Å². The van der Waals surface area contributed by atoms with Crippen LogP contribution in [0.1, 0.15) is 16.7 Å². The van der Waals surface area contributed by atoms with E-state index in [2.05, 4.69) is 19.8 Å². The lowest BCUT2D eigenvalue weighted by Gasteiger charge is -2.35. The molecule has 1 fully saturated rings. The van der Waals surface area contributed by atoms with Gasteiger partial charge in [-0.25, -0.2) is 4.98 Å². The van der Waals surface area contributed by atoms with Crippen LogP contribution >= 0.6 is 0 Å². The van der Waals surface area contributed by atoms with Crippen molar-refractivity contribution in [3.05, 3.63) is 77.7 Å². The third kappa shape index (κ3) is 5.15. The first-order valence-electron chi connectivity index (χ1n) is 10.0. The molecular formula is C23H20F3N5O. The van der Waals surface area contributed by atoms with E-state index < -0.39 is 17.3 Å². The van der Waals surface area contributed by atoms with Crippen molar-refractivity contribution in [2.75, 3.05) is 31.1 Å². The Kier molecular flexibility index (Phi) is 6.23. The van der Waals surface area contributed by atoms with E-state index >= 15 is 0 Å². The molecule has 3 aromatic rings. The summed E-state index contributed by atoms with van der Waals surface area (Å²) < 4.78 is 45.2. The molecule has 6 nitrogen and oxygen atoms in total. The zero-order chi connectivity index (χ0) is 22.6. The molecule has 0 amide bonds. The Hall–Kier alpha value is -3.64. The van der Waals surface area contributed by atoms with Gasteiger partial charge in [0.15, 0.2) is 0 Å². The Labute approximate surface area is 183 Å². The molecule has 0 aliphatic carbocycles. The van der Waals surface area contributed by atoms with Crippen LogP contribution in [-0.2, 0) is 12.7 Å². The lowest BCUT2D eigenvalue weighted by Crippen LogP contribution is -2.46. The summed E-state index contributed by atoms with van der Waals surface area (Å²) >= 11 is 0. The van der Waals surface area contributed by atoms with Crippen LogP contribution in [-0.4, -0.2) is 41.0 Å². The van der Waals surface area contributed by atoms with Gasteiger partial charge in [0.2, 0.25) is 0 Å². The fourth-order valence-corrected chi connectivity index (χ4v) is 3.61. The minimum atomic E-state index is -4.63. The number of rotatable bonds is 5. The minimum absolute atomic E-state index is 0.0334. The molecule has 0 atom stereocenters. The van der Waals surface area contributed by atoms with E-state index in [1.165, 1.54) is 6.07 Å². The van der Waals surface area contributed by atoms with Gasteiger partial charge < -0.3 is 9.64 Å². The molecule has 0 unspecified atom stereocenters. The maximum atomic E-state index is 13.2. The molecule has 2 aromatic carbocycles. The number of anilines is 1. The summed E-state index contributed by atoms with van der Waals surface area (Å²) in [4.78, 5) is 12.9. The average Bonchev–Trinajstić information content (AvgIpc) is 2.80. The van der Waals surface area contributed by atoms with Crippen LogP contribution in [0, 0.1) is 11.3 Å². The summed E-state index contributed by atoms with van der Waals surface area (Å²) in [5.41, 5.74) is -0.436. The fourth-order valence-electron chi connectivity index (χ4n) is 3.61. The van der Waals surface area contributed by atoms with Crippen molar-refractivity contribution in [1.82, 2.24) is 14.9 Å². The largest absolute Gasteiger partial charge is 0.457 e. The second-order valence-corrected chi connectivity index (χ2v) is 7.39. The maximum absolute atomic E-state index is 13.2. The quantitative estimate of drug-likeness (QED) is 0.584. The normalized spacial score (nSPS) is 14.8. The minimum Gasteiger partial charge on any atom is -0.457 e. The van der Waals surface area contributed by atoms with Crippen LogP contribution in [0.4, 0.5) is 19.0 Å². The molecule has 1 saturated heterocycles. The number of aromatic nitrogens is 2. The van der Waals surface area contributed by atoms with E-state index in [1.807, 2.05) is 18.2 Å². The monoisotopic (exact) mass is 439 g/mol. The second kappa shape index (κ2) is 9.24. The summed E-state index contributed by atoms with van der Waals surface area (Å²) in [5, 5.41) is 8.93. The Morgan fingerprint density at radius 3 is 2.47 bits per heavy atom. The van der Waals surface area contributed by atoms with Crippen molar-refractivity contribution in [2.45, 2.75) is 12.7 Å². The number of hydrogen-bond donors (Lipinski definition) is 0. The molecule has 9 heteroatoms. The summed E-state index contributed by atoms with van der Waals surface area (Å²) in [6, 6.07) is 12.2.